The number of piperidine rings is 1. The van der Waals surface area contributed by atoms with Gasteiger partial charge in [0.2, 0.25) is 5.89 Å². The Morgan fingerprint density at radius 3 is 3.00 bits per heavy atom. The molecule has 0 spiro atoms. The largest absolute Gasteiger partial charge is 0.476 e. The molecule has 1 aromatic carbocycles. The van der Waals surface area contributed by atoms with Gasteiger partial charge in [-0.05, 0) is 31.5 Å². The normalized spacial score (nSPS) is 18.9. The average molecular weight is 327 g/mol. The fourth-order valence-electron chi connectivity index (χ4n) is 3.14. The zero-order valence-electron chi connectivity index (χ0n) is 13.0. The van der Waals surface area contributed by atoms with Gasteiger partial charge in [-0.3, -0.25) is 4.90 Å². The summed E-state index contributed by atoms with van der Waals surface area (Å²) in [5.41, 5.74) is 1.63. The fraction of sp³-hybridized carbons (Fsp3) is 0.353. The van der Waals surface area contributed by atoms with Crippen LogP contribution in [-0.2, 0) is 6.54 Å². The Morgan fingerprint density at radius 2 is 2.21 bits per heavy atom. The van der Waals surface area contributed by atoms with Gasteiger partial charge in [0, 0.05) is 12.5 Å². The monoisotopic (exact) mass is 327 g/mol. The van der Waals surface area contributed by atoms with Crippen molar-refractivity contribution < 1.29 is 18.7 Å². The Hall–Kier alpha value is -2.67. The third-order valence-corrected chi connectivity index (χ3v) is 4.29. The molecule has 1 fully saturated rings. The van der Waals surface area contributed by atoms with Crippen LogP contribution in [0.3, 0.4) is 0 Å². The highest BCUT2D eigenvalue weighted by atomic mass is 16.4. The number of likely N-dealkylation sites (tertiary alicyclic amines) is 1. The van der Waals surface area contributed by atoms with Crippen molar-refractivity contribution in [2.24, 2.45) is 0 Å². The van der Waals surface area contributed by atoms with Crippen LogP contribution < -0.4 is 0 Å². The van der Waals surface area contributed by atoms with Gasteiger partial charge in [0.1, 0.15) is 11.8 Å². The van der Waals surface area contributed by atoms with Crippen LogP contribution in [-0.4, -0.2) is 39.0 Å². The third kappa shape index (κ3) is 2.90. The number of oxazole rings is 2. The number of nitrogens with zero attached hydrogens (tertiary/aromatic N) is 3. The van der Waals surface area contributed by atoms with Gasteiger partial charge < -0.3 is 13.9 Å². The molecule has 7 heteroatoms. The van der Waals surface area contributed by atoms with Crippen LogP contribution in [0, 0.1) is 0 Å². The van der Waals surface area contributed by atoms with E-state index in [0.29, 0.717) is 12.4 Å². The first-order valence-electron chi connectivity index (χ1n) is 7.94. The minimum atomic E-state index is -1.08. The number of aromatic carboxylic acids is 1. The molecule has 124 valence electrons. The zero-order valence-corrected chi connectivity index (χ0v) is 13.0. The summed E-state index contributed by atoms with van der Waals surface area (Å²) in [6.07, 6.45) is 3.23. The number of aromatic nitrogens is 2. The molecular weight excluding hydrogens is 310 g/mol. The summed E-state index contributed by atoms with van der Waals surface area (Å²) >= 11 is 0. The van der Waals surface area contributed by atoms with E-state index < -0.39 is 5.97 Å². The van der Waals surface area contributed by atoms with E-state index in [9.17, 15) is 4.79 Å². The number of rotatable bonds is 4. The van der Waals surface area contributed by atoms with Crippen molar-refractivity contribution in [2.75, 3.05) is 13.1 Å². The first kappa shape index (κ1) is 14.9. The van der Waals surface area contributed by atoms with E-state index in [0.717, 1.165) is 42.9 Å². The standard InChI is InChI=1S/C17H17N3O4/c21-17(22)13-10-23-15(18-13)9-20-7-3-4-11(8-20)16-19-12-5-1-2-6-14(12)24-16/h1-2,5-6,10-11H,3-4,7-9H2,(H,21,22). The topological polar surface area (TPSA) is 92.6 Å². The van der Waals surface area contributed by atoms with Crippen LogP contribution in [0.15, 0.2) is 39.4 Å². The zero-order chi connectivity index (χ0) is 16.5. The molecule has 0 amide bonds. The van der Waals surface area contributed by atoms with Crippen LogP contribution >= 0.6 is 0 Å². The predicted octanol–water partition coefficient (Wildman–Crippen LogP) is 2.89. The lowest BCUT2D eigenvalue weighted by atomic mass is 9.98. The first-order valence-corrected chi connectivity index (χ1v) is 7.94. The summed E-state index contributed by atoms with van der Waals surface area (Å²) in [4.78, 5) is 21.7. The SMILES string of the molecule is O=C(O)c1coc(CN2CCCC(c3nc4ccccc4o3)C2)n1. The summed E-state index contributed by atoms with van der Waals surface area (Å²) in [5.74, 6) is 0.332. The van der Waals surface area contributed by atoms with Crippen LogP contribution in [0.1, 0.15) is 41.0 Å². The molecule has 0 saturated carbocycles. The fourth-order valence-corrected chi connectivity index (χ4v) is 3.14. The molecule has 1 saturated heterocycles. The molecule has 3 heterocycles. The highest BCUT2D eigenvalue weighted by Crippen LogP contribution is 2.29. The lowest BCUT2D eigenvalue weighted by molar-refractivity contribution is 0.0690. The van der Waals surface area contributed by atoms with Gasteiger partial charge in [0.05, 0.1) is 6.54 Å². The van der Waals surface area contributed by atoms with Crippen molar-refractivity contribution >= 4 is 17.1 Å². The number of hydrogen-bond acceptors (Lipinski definition) is 6. The van der Waals surface area contributed by atoms with Gasteiger partial charge in [-0.1, -0.05) is 12.1 Å². The Balaban J connectivity index is 1.47. The second kappa shape index (κ2) is 6.09. The lowest BCUT2D eigenvalue weighted by Gasteiger charge is -2.30. The number of para-hydroxylation sites is 2. The van der Waals surface area contributed by atoms with Gasteiger partial charge >= 0.3 is 5.97 Å². The quantitative estimate of drug-likeness (QED) is 0.787. The molecule has 0 aliphatic carbocycles. The van der Waals surface area contributed by atoms with Crippen molar-refractivity contribution in [3.05, 3.63) is 48.0 Å². The maximum absolute atomic E-state index is 10.9. The molecule has 2 aromatic heterocycles. The number of hydrogen-bond donors (Lipinski definition) is 1. The molecule has 1 aliphatic heterocycles. The van der Waals surface area contributed by atoms with Crippen molar-refractivity contribution in [1.29, 1.82) is 0 Å². The van der Waals surface area contributed by atoms with Crippen LogP contribution in [0.5, 0.6) is 0 Å². The Labute approximate surface area is 137 Å². The summed E-state index contributed by atoms with van der Waals surface area (Å²) < 4.78 is 11.1. The van der Waals surface area contributed by atoms with Crippen molar-refractivity contribution in [1.82, 2.24) is 14.9 Å². The van der Waals surface area contributed by atoms with Crippen molar-refractivity contribution in [2.45, 2.75) is 25.3 Å². The summed E-state index contributed by atoms with van der Waals surface area (Å²) in [7, 11) is 0. The molecule has 1 aliphatic rings. The number of carboxylic acid groups (broad SMARTS) is 1. The molecule has 1 atom stereocenters. The van der Waals surface area contributed by atoms with Crippen LogP contribution in [0.25, 0.3) is 11.1 Å². The summed E-state index contributed by atoms with van der Waals surface area (Å²) in [6.45, 7) is 2.20. The summed E-state index contributed by atoms with van der Waals surface area (Å²) in [6, 6.07) is 7.76. The maximum Gasteiger partial charge on any atom is 0.357 e. The van der Waals surface area contributed by atoms with Crippen LogP contribution in [0.2, 0.25) is 0 Å². The minimum absolute atomic E-state index is 0.0579. The molecule has 4 rings (SSSR count). The van der Waals surface area contributed by atoms with Gasteiger partial charge in [-0.25, -0.2) is 14.8 Å². The highest BCUT2D eigenvalue weighted by molar-refractivity contribution is 5.84. The molecule has 7 nitrogen and oxygen atoms in total. The molecule has 1 N–H and O–H groups in total. The number of carboxylic acids is 1. The predicted molar refractivity (Wildman–Crippen MR) is 84.7 cm³/mol. The van der Waals surface area contributed by atoms with E-state index in [-0.39, 0.29) is 11.6 Å². The van der Waals surface area contributed by atoms with E-state index in [2.05, 4.69) is 14.9 Å². The Morgan fingerprint density at radius 1 is 1.33 bits per heavy atom. The first-order chi connectivity index (χ1) is 11.7. The number of carbonyl (C=O) groups is 1. The van der Waals surface area contributed by atoms with E-state index in [4.69, 9.17) is 13.9 Å². The smallest absolute Gasteiger partial charge is 0.357 e. The van der Waals surface area contributed by atoms with Gasteiger partial charge in [0.15, 0.2) is 17.2 Å². The lowest BCUT2D eigenvalue weighted by Crippen LogP contribution is -2.34. The molecular formula is C17H17N3O4. The van der Waals surface area contributed by atoms with E-state index in [1.807, 2.05) is 24.3 Å². The van der Waals surface area contributed by atoms with E-state index in [1.165, 1.54) is 6.26 Å². The Bertz CT molecular complexity index is 836. The van der Waals surface area contributed by atoms with E-state index in [1.54, 1.807) is 0 Å². The maximum atomic E-state index is 10.9. The van der Waals surface area contributed by atoms with Crippen LogP contribution in [0.4, 0.5) is 0 Å². The average Bonchev–Trinajstić information content (AvgIpc) is 3.21. The van der Waals surface area contributed by atoms with E-state index >= 15 is 0 Å². The van der Waals surface area contributed by atoms with Crippen molar-refractivity contribution in [3.8, 4) is 0 Å². The molecule has 24 heavy (non-hydrogen) atoms. The Kier molecular flexibility index (Phi) is 3.78. The molecule has 0 radical (unpaired) electrons. The molecule has 1 unspecified atom stereocenters. The van der Waals surface area contributed by atoms with Gasteiger partial charge in [-0.2, -0.15) is 0 Å². The third-order valence-electron chi connectivity index (χ3n) is 4.29. The van der Waals surface area contributed by atoms with Crippen molar-refractivity contribution in [3.63, 3.8) is 0 Å². The number of fused-ring (bicyclic) bond motifs is 1. The highest BCUT2D eigenvalue weighted by Gasteiger charge is 2.26. The molecule has 3 aromatic rings. The second-order valence-electron chi connectivity index (χ2n) is 6.03. The van der Waals surface area contributed by atoms with Gasteiger partial charge in [-0.15, -0.1) is 0 Å². The summed E-state index contributed by atoms with van der Waals surface area (Å²) in [5, 5.41) is 8.91. The van der Waals surface area contributed by atoms with Gasteiger partial charge in [0.25, 0.3) is 0 Å². The minimum Gasteiger partial charge on any atom is -0.476 e. The second-order valence-corrected chi connectivity index (χ2v) is 6.03. The molecule has 0 bridgehead atoms. The number of benzene rings is 1.